The summed E-state index contributed by atoms with van der Waals surface area (Å²) < 4.78 is 5.21. The monoisotopic (exact) mass is 329 g/mol. The van der Waals surface area contributed by atoms with Crippen LogP contribution in [0.1, 0.15) is 25.8 Å². The van der Waals surface area contributed by atoms with Gasteiger partial charge in [-0.05, 0) is 31.4 Å². The van der Waals surface area contributed by atoms with E-state index in [2.05, 4.69) is 27.7 Å². The smallest absolute Gasteiger partial charge is 0.337 e. The summed E-state index contributed by atoms with van der Waals surface area (Å²) in [6.07, 6.45) is 1.61. The molecule has 1 atom stereocenters. The fraction of sp³-hybridized carbons (Fsp3) is 0.444. The number of amides is 2. The Labute approximate surface area is 141 Å². The lowest BCUT2D eigenvalue weighted by molar-refractivity contribution is -0.139. The van der Waals surface area contributed by atoms with E-state index in [-0.39, 0.29) is 18.0 Å². The molecule has 128 valence electrons. The number of nitrogens with zero attached hydrogens (tertiary/aromatic N) is 1. The average Bonchev–Trinajstić information content (AvgIpc) is 2.97. The van der Waals surface area contributed by atoms with Crippen LogP contribution in [0.25, 0.3) is 0 Å². The van der Waals surface area contributed by atoms with Crippen molar-refractivity contribution in [3.05, 3.63) is 41.1 Å². The van der Waals surface area contributed by atoms with E-state index < -0.39 is 0 Å². The number of benzene rings is 1. The van der Waals surface area contributed by atoms with Crippen LogP contribution in [0.4, 0.5) is 10.5 Å². The lowest BCUT2D eigenvalue weighted by Crippen LogP contribution is -2.52. The van der Waals surface area contributed by atoms with Gasteiger partial charge in [-0.25, -0.2) is 9.59 Å². The van der Waals surface area contributed by atoms with E-state index in [0.29, 0.717) is 30.8 Å². The van der Waals surface area contributed by atoms with Crippen LogP contribution in [0.5, 0.6) is 0 Å². The van der Waals surface area contributed by atoms with Crippen molar-refractivity contribution in [2.24, 2.45) is 0 Å². The van der Waals surface area contributed by atoms with E-state index in [4.69, 9.17) is 4.74 Å². The molecule has 0 fully saturated rings. The molecule has 0 saturated heterocycles. The molecular weight excluding hydrogens is 306 g/mol. The maximum atomic E-state index is 12.4. The molecule has 0 bridgehead atoms. The molecule has 2 amide bonds. The number of hydrogen-bond donors (Lipinski definition) is 2. The van der Waals surface area contributed by atoms with E-state index in [1.807, 2.05) is 19.1 Å². The fourth-order valence-corrected chi connectivity index (χ4v) is 3.35. The zero-order valence-electron chi connectivity index (χ0n) is 14.1. The summed E-state index contributed by atoms with van der Waals surface area (Å²) in [4.78, 5) is 26.6. The minimum absolute atomic E-state index is 0.266. The summed E-state index contributed by atoms with van der Waals surface area (Å²) in [6, 6.07) is 7.65. The average molecular weight is 329 g/mol. The number of rotatable bonds is 5. The van der Waals surface area contributed by atoms with Gasteiger partial charge >= 0.3 is 12.0 Å². The number of para-hydroxylation sites is 1. The SMILES string of the molecule is CCOC(=O)C1=C(CN2CCc3ccccc32)NC(=O)N[C@@H]1CC. The number of nitrogens with one attached hydrogen (secondary N) is 2. The van der Waals surface area contributed by atoms with Crippen molar-refractivity contribution in [3.8, 4) is 0 Å². The topological polar surface area (TPSA) is 70.7 Å². The molecule has 0 radical (unpaired) electrons. The van der Waals surface area contributed by atoms with Gasteiger partial charge in [0.05, 0.1) is 30.5 Å². The number of hydrogen-bond acceptors (Lipinski definition) is 4. The summed E-state index contributed by atoms with van der Waals surface area (Å²) in [5, 5.41) is 5.62. The van der Waals surface area contributed by atoms with Crippen molar-refractivity contribution in [1.29, 1.82) is 0 Å². The predicted octanol–water partition coefficient (Wildman–Crippen LogP) is 1.96. The fourth-order valence-electron chi connectivity index (χ4n) is 3.35. The van der Waals surface area contributed by atoms with Gasteiger partial charge < -0.3 is 20.3 Å². The molecule has 24 heavy (non-hydrogen) atoms. The Kier molecular flexibility index (Phi) is 4.74. The summed E-state index contributed by atoms with van der Waals surface area (Å²) in [6.45, 7) is 5.41. The number of ether oxygens (including phenoxy) is 1. The highest BCUT2D eigenvalue weighted by molar-refractivity contribution is 5.95. The van der Waals surface area contributed by atoms with Crippen LogP contribution < -0.4 is 15.5 Å². The molecule has 2 N–H and O–H groups in total. The normalized spacial score (nSPS) is 19.7. The van der Waals surface area contributed by atoms with E-state index >= 15 is 0 Å². The van der Waals surface area contributed by atoms with Gasteiger partial charge in [-0.1, -0.05) is 25.1 Å². The Morgan fingerprint density at radius 1 is 1.33 bits per heavy atom. The summed E-state index contributed by atoms with van der Waals surface area (Å²) in [5.74, 6) is -0.362. The Hall–Kier alpha value is -2.50. The number of carbonyl (C=O) groups excluding carboxylic acids is 2. The van der Waals surface area contributed by atoms with Crippen LogP contribution in [0, 0.1) is 0 Å². The Morgan fingerprint density at radius 2 is 2.12 bits per heavy atom. The van der Waals surface area contributed by atoms with Crippen LogP contribution in [0.3, 0.4) is 0 Å². The van der Waals surface area contributed by atoms with Gasteiger partial charge in [0.25, 0.3) is 0 Å². The molecule has 0 unspecified atom stereocenters. The first-order valence-electron chi connectivity index (χ1n) is 8.44. The number of urea groups is 1. The highest BCUT2D eigenvalue weighted by Gasteiger charge is 2.33. The molecule has 0 aliphatic carbocycles. The third-order valence-electron chi connectivity index (χ3n) is 4.48. The van der Waals surface area contributed by atoms with Gasteiger partial charge in [0.15, 0.2) is 0 Å². The molecule has 3 rings (SSSR count). The molecule has 0 aromatic heterocycles. The van der Waals surface area contributed by atoms with E-state index in [1.165, 1.54) is 5.56 Å². The molecule has 2 heterocycles. The first kappa shape index (κ1) is 16.4. The summed E-state index contributed by atoms with van der Waals surface area (Å²) in [5.41, 5.74) is 3.63. The molecule has 6 nitrogen and oxygen atoms in total. The van der Waals surface area contributed by atoms with Crippen molar-refractivity contribution in [1.82, 2.24) is 10.6 Å². The maximum Gasteiger partial charge on any atom is 0.337 e. The highest BCUT2D eigenvalue weighted by Crippen LogP contribution is 2.29. The second-order valence-corrected chi connectivity index (χ2v) is 5.97. The summed E-state index contributed by atoms with van der Waals surface area (Å²) in [7, 11) is 0. The first-order chi connectivity index (χ1) is 11.6. The van der Waals surface area contributed by atoms with Crippen molar-refractivity contribution in [2.45, 2.75) is 32.7 Å². The van der Waals surface area contributed by atoms with Gasteiger partial charge in [-0.3, -0.25) is 0 Å². The van der Waals surface area contributed by atoms with Crippen LogP contribution >= 0.6 is 0 Å². The summed E-state index contributed by atoms with van der Waals surface area (Å²) >= 11 is 0. The quantitative estimate of drug-likeness (QED) is 0.810. The van der Waals surface area contributed by atoms with E-state index in [0.717, 1.165) is 18.7 Å². The first-order valence-corrected chi connectivity index (χ1v) is 8.44. The standard InChI is InChI=1S/C18H23N3O3/c1-3-13-16(17(22)24-4-2)14(20-18(23)19-13)11-21-10-9-12-7-5-6-8-15(12)21/h5-8,13H,3-4,9-11H2,1-2H3,(H2,19,20,23)/t13-/m1/s1. The number of esters is 1. The van der Waals surface area contributed by atoms with Gasteiger partial charge in [0.2, 0.25) is 0 Å². The molecule has 2 aliphatic heterocycles. The molecule has 1 aromatic rings. The Morgan fingerprint density at radius 3 is 2.88 bits per heavy atom. The molecule has 6 heteroatoms. The van der Waals surface area contributed by atoms with Gasteiger partial charge in [0, 0.05) is 12.2 Å². The number of fused-ring (bicyclic) bond motifs is 1. The van der Waals surface area contributed by atoms with Crippen LogP contribution in [0.2, 0.25) is 0 Å². The zero-order chi connectivity index (χ0) is 17.1. The van der Waals surface area contributed by atoms with Gasteiger partial charge in [-0.15, -0.1) is 0 Å². The third kappa shape index (κ3) is 3.09. The third-order valence-corrected chi connectivity index (χ3v) is 4.48. The molecular formula is C18H23N3O3. The lowest BCUT2D eigenvalue weighted by atomic mass is 10.00. The van der Waals surface area contributed by atoms with E-state index in [9.17, 15) is 9.59 Å². The second kappa shape index (κ2) is 6.95. The van der Waals surface area contributed by atoms with Crippen LogP contribution in [-0.2, 0) is 16.0 Å². The number of anilines is 1. The Balaban J connectivity index is 1.92. The second-order valence-electron chi connectivity index (χ2n) is 5.97. The van der Waals surface area contributed by atoms with Gasteiger partial charge in [-0.2, -0.15) is 0 Å². The lowest BCUT2D eigenvalue weighted by Gasteiger charge is -2.31. The largest absolute Gasteiger partial charge is 0.463 e. The van der Waals surface area contributed by atoms with Crippen molar-refractivity contribution in [2.75, 3.05) is 24.6 Å². The maximum absolute atomic E-state index is 12.4. The molecule has 1 aromatic carbocycles. The molecule has 2 aliphatic rings. The van der Waals surface area contributed by atoms with Crippen molar-refractivity contribution < 1.29 is 14.3 Å². The Bertz CT molecular complexity index is 684. The minimum atomic E-state index is -0.362. The van der Waals surface area contributed by atoms with Crippen molar-refractivity contribution >= 4 is 17.7 Å². The van der Waals surface area contributed by atoms with Crippen LogP contribution in [0.15, 0.2) is 35.5 Å². The highest BCUT2D eigenvalue weighted by atomic mass is 16.5. The molecule has 0 saturated carbocycles. The number of carbonyl (C=O) groups is 2. The molecule has 0 spiro atoms. The minimum Gasteiger partial charge on any atom is -0.463 e. The van der Waals surface area contributed by atoms with Gasteiger partial charge in [0.1, 0.15) is 0 Å². The van der Waals surface area contributed by atoms with Crippen LogP contribution in [-0.4, -0.2) is 37.7 Å². The van der Waals surface area contributed by atoms with E-state index in [1.54, 1.807) is 6.92 Å². The van der Waals surface area contributed by atoms with Crippen molar-refractivity contribution in [3.63, 3.8) is 0 Å². The predicted molar refractivity (Wildman–Crippen MR) is 91.8 cm³/mol. The zero-order valence-corrected chi connectivity index (χ0v) is 14.1.